The molecule has 0 saturated carbocycles. The minimum absolute atomic E-state index is 0.0291. The maximum atomic E-state index is 13.8. The molecule has 1 heterocycles. The van der Waals surface area contributed by atoms with Crippen molar-refractivity contribution < 1.29 is 22.1 Å². The number of rotatable bonds is 5. The fraction of sp³-hybridized carbons (Fsp3) is 0.111. The molecule has 28 heavy (non-hydrogen) atoms. The molecule has 1 amide bonds. The Bertz CT molecular complexity index is 1120. The predicted octanol–water partition coefficient (Wildman–Crippen LogP) is 4.14. The number of anilines is 2. The average molecular weight is 424 g/mol. The van der Waals surface area contributed by atoms with E-state index in [0.717, 1.165) is 6.07 Å². The number of carbonyl (C=O) groups excluding carboxylic acids is 1. The van der Waals surface area contributed by atoms with Crippen LogP contribution in [-0.4, -0.2) is 19.5 Å². The van der Waals surface area contributed by atoms with Gasteiger partial charge < -0.3 is 9.84 Å². The smallest absolute Gasteiger partial charge is 0.264 e. The third-order valence-corrected chi connectivity index (χ3v) is 5.66. The maximum absolute atomic E-state index is 13.8. The van der Waals surface area contributed by atoms with Gasteiger partial charge in [-0.1, -0.05) is 22.8 Å². The summed E-state index contributed by atoms with van der Waals surface area (Å²) in [6.45, 7) is 3.37. The quantitative estimate of drug-likeness (QED) is 0.642. The fourth-order valence-corrected chi connectivity index (χ4v) is 3.61. The van der Waals surface area contributed by atoms with Crippen LogP contribution in [0.4, 0.5) is 16.0 Å². The zero-order valence-corrected chi connectivity index (χ0v) is 16.4. The molecule has 0 aliphatic heterocycles. The molecule has 146 valence electrons. The number of aromatic nitrogens is 1. The highest BCUT2D eigenvalue weighted by molar-refractivity contribution is 7.92. The number of carbonyl (C=O) groups is 1. The van der Waals surface area contributed by atoms with Crippen LogP contribution in [0.15, 0.2) is 51.9 Å². The van der Waals surface area contributed by atoms with E-state index in [1.807, 2.05) is 0 Å². The molecule has 1 aromatic heterocycles. The Morgan fingerprint density at radius 1 is 1.14 bits per heavy atom. The molecule has 2 N–H and O–H groups in total. The van der Waals surface area contributed by atoms with E-state index in [4.69, 9.17) is 16.1 Å². The molecule has 0 radical (unpaired) electrons. The summed E-state index contributed by atoms with van der Waals surface area (Å²) < 4.78 is 46.0. The Morgan fingerprint density at radius 3 is 2.39 bits per heavy atom. The van der Waals surface area contributed by atoms with E-state index in [9.17, 15) is 17.6 Å². The van der Waals surface area contributed by atoms with Gasteiger partial charge in [0.2, 0.25) is 5.88 Å². The van der Waals surface area contributed by atoms with E-state index in [-0.39, 0.29) is 27.1 Å². The molecule has 2 aromatic carbocycles. The minimum atomic E-state index is -3.91. The second-order valence-corrected chi connectivity index (χ2v) is 7.99. The van der Waals surface area contributed by atoms with Crippen LogP contribution in [-0.2, 0) is 10.0 Å². The summed E-state index contributed by atoms with van der Waals surface area (Å²) in [4.78, 5) is 12.2. The lowest BCUT2D eigenvalue weighted by Gasteiger charge is -2.09. The lowest BCUT2D eigenvalue weighted by Crippen LogP contribution is -2.15. The summed E-state index contributed by atoms with van der Waals surface area (Å²) in [5, 5.41) is 6.14. The van der Waals surface area contributed by atoms with E-state index < -0.39 is 21.7 Å². The van der Waals surface area contributed by atoms with Crippen LogP contribution in [0.3, 0.4) is 0 Å². The van der Waals surface area contributed by atoms with Crippen molar-refractivity contribution in [3.05, 3.63) is 70.1 Å². The van der Waals surface area contributed by atoms with Crippen molar-refractivity contribution >= 4 is 39.1 Å². The number of hydrogen-bond acceptors (Lipinski definition) is 5. The average Bonchev–Trinajstić information content (AvgIpc) is 2.93. The second kappa shape index (κ2) is 7.61. The summed E-state index contributed by atoms with van der Waals surface area (Å²) in [6, 6.07) is 9.24. The van der Waals surface area contributed by atoms with Crippen molar-refractivity contribution in [2.75, 3.05) is 10.0 Å². The van der Waals surface area contributed by atoms with Crippen LogP contribution in [0.2, 0.25) is 5.02 Å². The van der Waals surface area contributed by atoms with Gasteiger partial charge in [0.25, 0.3) is 15.9 Å². The highest BCUT2D eigenvalue weighted by atomic mass is 35.5. The van der Waals surface area contributed by atoms with Crippen molar-refractivity contribution in [2.45, 2.75) is 18.7 Å². The summed E-state index contributed by atoms with van der Waals surface area (Å²) in [6.07, 6.45) is 0. The molecule has 0 aliphatic rings. The van der Waals surface area contributed by atoms with Crippen LogP contribution in [0.1, 0.15) is 21.6 Å². The molecule has 3 rings (SSSR count). The van der Waals surface area contributed by atoms with Gasteiger partial charge in [-0.25, -0.2) is 17.5 Å². The molecule has 0 saturated heterocycles. The zero-order chi connectivity index (χ0) is 20.5. The van der Waals surface area contributed by atoms with Gasteiger partial charge in [0.1, 0.15) is 5.82 Å². The lowest BCUT2D eigenvalue weighted by molar-refractivity contribution is 0.102. The van der Waals surface area contributed by atoms with Crippen LogP contribution in [0, 0.1) is 19.7 Å². The Kier molecular flexibility index (Phi) is 5.39. The number of aryl methyl sites for hydroxylation is 1. The molecule has 0 fully saturated rings. The van der Waals surface area contributed by atoms with Gasteiger partial charge in [-0.05, 0) is 50.2 Å². The summed E-state index contributed by atoms with van der Waals surface area (Å²) in [5.74, 6) is -1.47. The standard InChI is InChI=1S/C18H15ClFN3O4S/c1-10-11(2)22-27-18(10)23-28(25,26)13-8-6-12(7-9-13)21-17(24)16-14(19)4-3-5-15(16)20/h3-9,23H,1-2H3,(H,21,24). The van der Waals surface area contributed by atoms with Crippen LogP contribution < -0.4 is 10.0 Å². The Balaban J connectivity index is 1.78. The van der Waals surface area contributed by atoms with E-state index in [2.05, 4.69) is 15.2 Å². The van der Waals surface area contributed by atoms with Crippen LogP contribution in [0.25, 0.3) is 0 Å². The molecule has 0 atom stereocenters. The molecule has 3 aromatic rings. The molecule has 7 nitrogen and oxygen atoms in total. The van der Waals surface area contributed by atoms with Crippen molar-refractivity contribution in [1.82, 2.24) is 5.16 Å². The molecular weight excluding hydrogens is 409 g/mol. The van der Waals surface area contributed by atoms with Gasteiger partial charge in [0, 0.05) is 11.3 Å². The van der Waals surface area contributed by atoms with Crippen molar-refractivity contribution in [1.29, 1.82) is 0 Å². The number of nitrogens with zero attached hydrogens (tertiary/aromatic N) is 1. The first-order valence-corrected chi connectivity index (χ1v) is 9.86. The van der Waals surface area contributed by atoms with Crippen molar-refractivity contribution in [2.24, 2.45) is 0 Å². The monoisotopic (exact) mass is 423 g/mol. The molecule has 0 unspecified atom stereocenters. The number of halogens is 2. The third-order valence-electron chi connectivity index (χ3n) is 4.00. The molecule has 0 aliphatic carbocycles. The minimum Gasteiger partial charge on any atom is -0.337 e. The molecule has 0 spiro atoms. The third kappa shape index (κ3) is 4.00. The van der Waals surface area contributed by atoms with E-state index >= 15 is 0 Å². The van der Waals surface area contributed by atoms with Crippen molar-refractivity contribution in [3.63, 3.8) is 0 Å². The molecule has 10 heteroatoms. The Hall–Kier alpha value is -2.91. The van der Waals surface area contributed by atoms with Crippen LogP contribution >= 0.6 is 11.6 Å². The SMILES string of the molecule is Cc1noc(NS(=O)(=O)c2ccc(NC(=O)c3c(F)cccc3Cl)cc2)c1C. The predicted molar refractivity (Wildman–Crippen MR) is 103 cm³/mol. The maximum Gasteiger partial charge on any atom is 0.264 e. The normalized spacial score (nSPS) is 11.3. The highest BCUT2D eigenvalue weighted by Gasteiger charge is 2.20. The van der Waals surface area contributed by atoms with E-state index in [0.29, 0.717) is 11.3 Å². The van der Waals surface area contributed by atoms with Gasteiger partial charge in [-0.15, -0.1) is 0 Å². The van der Waals surface area contributed by atoms with Gasteiger partial charge in [-0.3, -0.25) is 4.79 Å². The summed E-state index contributed by atoms with van der Waals surface area (Å²) in [5.41, 5.74) is 1.13. The lowest BCUT2D eigenvalue weighted by atomic mass is 10.2. The zero-order valence-electron chi connectivity index (χ0n) is 14.8. The summed E-state index contributed by atoms with van der Waals surface area (Å²) >= 11 is 5.86. The fourth-order valence-electron chi connectivity index (χ4n) is 2.32. The number of nitrogens with one attached hydrogen (secondary N) is 2. The first kappa shape index (κ1) is 19.8. The first-order valence-electron chi connectivity index (χ1n) is 8.00. The number of amides is 1. The van der Waals surface area contributed by atoms with Gasteiger partial charge in [0.05, 0.1) is 21.2 Å². The topological polar surface area (TPSA) is 101 Å². The van der Waals surface area contributed by atoms with Crippen LogP contribution in [0.5, 0.6) is 0 Å². The Labute approximate surface area is 165 Å². The first-order chi connectivity index (χ1) is 13.2. The number of sulfonamides is 1. The molecular formula is C18H15ClFN3O4S. The highest BCUT2D eigenvalue weighted by Crippen LogP contribution is 2.24. The van der Waals surface area contributed by atoms with E-state index in [1.54, 1.807) is 13.8 Å². The summed E-state index contributed by atoms with van der Waals surface area (Å²) in [7, 11) is -3.91. The second-order valence-electron chi connectivity index (χ2n) is 5.90. The van der Waals surface area contributed by atoms with E-state index in [1.165, 1.54) is 36.4 Å². The van der Waals surface area contributed by atoms with Crippen molar-refractivity contribution in [3.8, 4) is 0 Å². The number of hydrogen-bond donors (Lipinski definition) is 2. The Morgan fingerprint density at radius 2 is 1.82 bits per heavy atom. The number of benzene rings is 2. The largest absolute Gasteiger partial charge is 0.337 e. The van der Waals surface area contributed by atoms with Gasteiger partial charge in [-0.2, -0.15) is 0 Å². The van der Waals surface area contributed by atoms with Gasteiger partial charge in [0.15, 0.2) is 0 Å². The molecule has 0 bridgehead atoms. The van der Waals surface area contributed by atoms with Gasteiger partial charge >= 0.3 is 0 Å².